The molecule has 0 aromatic rings. The Morgan fingerprint density at radius 2 is 2.18 bits per heavy atom. The molecule has 6 heteroatoms. The molecule has 3 N–H and O–H groups in total. The summed E-state index contributed by atoms with van der Waals surface area (Å²) >= 11 is 0. The number of hydrazone groups is 1. The Morgan fingerprint density at radius 3 is 2.71 bits per heavy atom. The fourth-order valence-electron chi connectivity index (χ4n) is 1.71. The summed E-state index contributed by atoms with van der Waals surface area (Å²) in [6.07, 6.45) is 1.78. The summed E-state index contributed by atoms with van der Waals surface area (Å²) in [7, 11) is 0. The van der Waals surface area contributed by atoms with Crippen LogP contribution in [0.25, 0.3) is 0 Å². The number of carbonyl (C=O) groups excluding carboxylic acids is 2. The molecule has 0 heterocycles. The van der Waals surface area contributed by atoms with Gasteiger partial charge in [0.15, 0.2) is 0 Å². The van der Waals surface area contributed by atoms with Crippen LogP contribution >= 0.6 is 0 Å². The standard InChI is InChI=1S/C11H17N3O3/c1-3-17-10(15)9-5-4-8(6-7(9)2)13-14-11(12)16/h3-6H2,1-2H3,(H3,12,14,16)/b13-8-. The maximum Gasteiger partial charge on any atom is 0.333 e. The molecule has 1 aliphatic carbocycles. The number of esters is 1. The summed E-state index contributed by atoms with van der Waals surface area (Å²) in [5.74, 6) is -0.257. The molecular weight excluding hydrogens is 222 g/mol. The second kappa shape index (κ2) is 6.03. The molecule has 94 valence electrons. The maximum atomic E-state index is 11.6. The van der Waals surface area contributed by atoms with Crippen molar-refractivity contribution in [3.05, 3.63) is 11.1 Å². The smallest absolute Gasteiger partial charge is 0.333 e. The summed E-state index contributed by atoms with van der Waals surface area (Å²) in [4.78, 5) is 22.1. The highest BCUT2D eigenvalue weighted by atomic mass is 16.5. The summed E-state index contributed by atoms with van der Waals surface area (Å²) in [5.41, 5.74) is 9.57. The van der Waals surface area contributed by atoms with Crippen LogP contribution in [0.2, 0.25) is 0 Å². The van der Waals surface area contributed by atoms with Crippen molar-refractivity contribution in [1.29, 1.82) is 0 Å². The van der Waals surface area contributed by atoms with E-state index < -0.39 is 6.03 Å². The number of nitrogens with zero attached hydrogens (tertiary/aromatic N) is 1. The summed E-state index contributed by atoms with van der Waals surface area (Å²) in [5, 5.41) is 3.88. The van der Waals surface area contributed by atoms with Gasteiger partial charge in [-0.05, 0) is 26.7 Å². The number of amides is 2. The first-order chi connectivity index (χ1) is 8.04. The fourth-order valence-corrected chi connectivity index (χ4v) is 1.71. The number of allylic oxidation sites excluding steroid dienone is 1. The zero-order chi connectivity index (χ0) is 12.8. The zero-order valence-corrected chi connectivity index (χ0v) is 10.1. The second-order valence-corrected chi connectivity index (χ2v) is 3.81. The first-order valence-electron chi connectivity index (χ1n) is 5.51. The van der Waals surface area contributed by atoms with Crippen LogP contribution in [-0.4, -0.2) is 24.3 Å². The lowest BCUT2D eigenvalue weighted by Gasteiger charge is -2.18. The minimum Gasteiger partial charge on any atom is -0.463 e. The van der Waals surface area contributed by atoms with Crippen molar-refractivity contribution in [2.24, 2.45) is 10.8 Å². The van der Waals surface area contributed by atoms with Crippen LogP contribution in [0, 0.1) is 0 Å². The lowest BCUT2D eigenvalue weighted by atomic mass is 9.91. The quantitative estimate of drug-likeness (QED) is 0.570. The van der Waals surface area contributed by atoms with Gasteiger partial charge in [-0.1, -0.05) is 5.57 Å². The number of hydrogen-bond acceptors (Lipinski definition) is 4. The van der Waals surface area contributed by atoms with Gasteiger partial charge in [0.1, 0.15) is 0 Å². The van der Waals surface area contributed by atoms with Crippen LogP contribution in [0.15, 0.2) is 16.2 Å². The Morgan fingerprint density at radius 1 is 1.47 bits per heavy atom. The molecule has 6 nitrogen and oxygen atoms in total. The summed E-state index contributed by atoms with van der Waals surface area (Å²) in [6.45, 7) is 4.02. The molecular formula is C11H17N3O3. The van der Waals surface area contributed by atoms with Crippen molar-refractivity contribution in [1.82, 2.24) is 5.43 Å². The highest BCUT2D eigenvalue weighted by Crippen LogP contribution is 2.23. The largest absolute Gasteiger partial charge is 0.463 e. The van der Waals surface area contributed by atoms with Crippen molar-refractivity contribution >= 4 is 17.7 Å². The van der Waals surface area contributed by atoms with Crippen LogP contribution in [-0.2, 0) is 9.53 Å². The van der Waals surface area contributed by atoms with Crippen molar-refractivity contribution in [3.8, 4) is 0 Å². The third kappa shape index (κ3) is 3.90. The third-order valence-corrected chi connectivity index (χ3v) is 2.49. The van der Waals surface area contributed by atoms with E-state index in [9.17, 15) is 9.59 Å². The average Bonchev–Trinajstić information content (AvgIpc) is 2.26. The highest BCUT2D eigenvalue weighted by Gasteiger charge is 2.20. The van der Waals surface area contributed by atoms with Gasteiger partial charge < -0.3 is 10.5 Å². The predicted octanol–water partition coefficient (Wildman–Crippen LogP) is 1.07. The number of hydrogen-bond donors (Lipinski definition) is 2. The average molecular weight is 239 g/mol. The number of urea groups is 1. The third-order valence-electron chi connectivity index (χ3n) is 2.49. The molecule has 0 radical (unpaired) electrons. The lowest BCUT2D eigenvalue weighted by molar-refractivity contribution is -0.138. The monoisotopic (exact) mass is 239 g/mol. The van der Waals surface area contributed by atoms with E-state index in [0.717, 1.165) is 11.3 Å². The van der Waals surface area contributed by atoms with Crippen LogP contribution in [0.4, 0.5) is 4.79 Å². The molecule has 0 unspecified atom stereocenters. The van der Waals surface area contributed by atoms with Gasteiger partial charge in [-0.3, -0.25) is 0 Å². The lowest BCUT2D eigenvalue weighted by Crippen LogP contribution is -2.27. The Hall–Kier alpha value is -1.85. The van der Waals surface area contributed by atoms with Crippen molar-refractivity contribution in [2.45, 2.75) is 33.1 Å². The normalized spacial score (nSPS) is 18.1. The molecule has 0 fully saturated rings. The minimum atomic E-state index is -0.685. The van der Waals surface area contributed by atoms with E-state index in [-0.39, 0.29) is 5.97 Å². The number of nitrogens with two attached hydrogens (primary N) is 1. The minimum absolute atomic E-state index is 0.257. The van der Waals surface area contributed by atoms with Crippen LogP contribution in [0.1, 0.15) is 33.1 Å². The number of rotatable bonds is 3. The van der Waals surface area contributed by atoms with E-state index in [1.54, 1.807) is 6.92 Å². The number of carbonyl (C=O) groups is 2. The molecule has 0 atom stereocenters. The number of nitrogens with one attached hydrogen (secondary N) is 1. The Bertz CT molecular complexity index is 385. The Kier molecular flexibility index (Phi) is 4.68. The van der Waals surface area contributed by atoms with Gasteiger partial charge in [-0.2, -0.15) is 5.10 Å². The molecule has 0 bridgehead atoms. The predicted molar refractivity (Wildman–Crippen MR) is 63.3 cm³/mol. The molecule has 1 aliphatic rings. The fraction of sp³-hybridized carbons (Fsp3) is 0.545. The molecule has 0 aliphatic heterocycles. The van der Waals surface area contributed by atoms with Gasteiger partial charge in [-0.15, -0.1) is 0 Å². The SMILES string of the molecule is CCOC(=O)C1=C(C)C/C(=N\NC(N)=O)CC1. The van der Waals surface area contributed by atoms with Gasteiger partial charge in [0.2, 0.25) is 0 Å². The van der Waals surface area contributed by atoms with Crippen LogP contribution < -0.4 is 11.2 Å². The first kappa shape index (κ1) is 13.2. The van der Waals surface area contributed by atoms with Gasteiger partial charge in [0, 0.05) is 17.7 Å². The van der Waals surface area contributed by atoms with E-state index in [1.807, 2.05) is 6.92 Å². The molecule has 0 aromatic heterocycles. The topological polar surface area (TPSA) is 93.8 Å². The van der Waals surface area contributed by atoms with E-state index in [1.165, 1.54) is 0 Å². The zero-order valence-electron chi connectivity index (χ0n) is 10.1. The van der Waals surface area contributed by atoms with Crippen molar-refractivity contribution < 1.29 is 14.3 Å². The Balaban J connectivity index is 2.68. The second-order valence-electron chi connectivity index (χ2n) is 3.81. The highest BCUT2D eigenvalue weighted by molar-refractivity contribution is 5.96. The number of ether oxygens (including phenoxy) is 1. The van der Waals surface area contributed by atoms with Crippen LogP contribution in [0.5, 0.6) is 0 Å². The van der Waals surface area contributed by atoms with E-state index in [2.05, 4.69) is 10.5 Å². The number of primary amides is 1. The van der Waals surface area contributed by atoms with Gasteiger partial charge in [-0.25, -0.2) is 15.0 Å². The Labute approximate surface area is 99.9 Å². The van der Waals surface area contributed by atoms with E-state index in [0.29, 0.717) is 31.4 Å². The first-order valence-corrected chi connectivity index (χ1v) is 5.51. The molecule has 1 rings (SSSR count). The molecule has 0 saturated carbocycles. The molecule has 2 amide bonds. The maximum absolute atomic E-state index is 11.6. The van der Waals surface area contributed by atoms with Gasteiger partial charge in [0.25, 0.3) is 0 Å². The van der Waals surface area contributed by atoms with E-state index >= 15 is 0 Å². The van der Waals surface area contributed by atoms with E-state index in [4.69, 9.17) is 10.5 Å². The van der Waals surface area contributed by atoms with Crippen LogP contribution in [0.3, 0.4) is 0 Å². The van der Waals surface area contributed by atoms with Crippen molar-refractivity contribution in [3.63, 3.8) is 0 Å². The molecule has 17 heavy (non-hydrogen) atoms. The molecule has 0 saturated heterocycles. The molecule has 0 spiro atoms. The van der Waals surface area contributed by atoms with Gasteiger partial charge in [0.05, 0.1) is 6.61 Å². The summed E-state index contributed by atoms with van der Waals surface area (Å²) < 4.78 is 4.96. The summed E-state index contributed by atoms with van der Waals surface area (Å²) in [6, 6.07) is -0.685. The van der Waals surface area contributed by atoms with Gasteiger partial charge >= 0.3 is 12.0 Å². The van der Waals surface area contributed by atoms with Crippen molar-refractivity contribution in [2.75, 3.05) is 6.61 Å². The molecule has 0 aromatic carbocycles.